The summed E-state index contributed by atoms with van der Waals surface area (Å²) in [5.41, 5.74) is 1.66. The normalized spacial score (nSPS) is 11.7. The van der Waals surface area contributed by atoms with Crippen LogP contribution in [-0.4, -0.2) is 17.4 Å². The van der Waals surface area contributed by atoms with Crippen molar-refractivity contribution in [2.45, 2.75) is 19.3 Å². The Bertz CT molecular complexity index is 950. The number of hydrogen-bond acceptors (Lipinski definition) is 1. The zero-order valence-corrected chi connectivity index (χ0v) is 14.5. The van der Waals surface area contributed by atoms with Gasteiger partial charge in [0.1, 0.15) is 0 Å². The summed E-state index contributed by atoms with van der Waals surface area (Å²) in [5, 5.41) is 4.45. The maximum atomic E-state index is 13.3. The zero-order chi connectivity index (χ0) is 18.2. The smallest absolute Gasteiger partial charge is 0.251 e. The number of carbonyl (C=O) groups is 1. The minimum atomic E-state index is -1.04. The van der Waals surface area contributed by atoms with E-state index in [-0.39, 0.29) is 11.0 Å². The number of fused-ring (bicyclic) bond motifs is 1. The molecule has 0 bridgehead atoms. The molecule has 0 aliphatic heterocycles. The number of nitrogens with one attached hydrogen (secondary N) is 2. The molecule has 0 fully saturated rings. The molecule has 0 atom stereocenters. The van der Waals surface area contributed by atoms with E-state index in [9.17, 15) is 13.6 Å². The molecule has 1 aromatic heterocycles. The van der Waals surface area contributed by atoms with Crippen LogP contribution in [0.4, 0.5) is 8.78 Å². The van der Waals surface area contributed by atoms with Gasteiger partial charge in [-0.3, -0.25) is 4.79 Å². The molecular weight excluding hydrogens is 346 g/mol. The summed E-state index contributed by atoms with van der Waals surface area (Å²) in [6, 6.07) is 8.69. The molecule has 3 nitrogen and oxygen atoms in total. The molecule has 0 spiro atoms. The molecule has 25 heavy (non-hydrogen) atoms. The highest BCUT2D eigenvalue weighted by Gasteiger charge is 2.25. The Kier molecular flexibility index (Phi) is 4.52. The lowest BCUT2D eigenvalue weighted by atomic mass is 9.84. The number of benzene rings is 2. The largest absolute Gasteiger partial charge is 0.361 e. The van der Waals surface area contributed by atoms with Crippen molar-refractivity contribution < 1.29 is 13.6 Å². The predicted octanol–water partition coefficient (Wildman–Crippen LogP) is 4.81. The molecule has 0 radical (unpaired) electrons. The summed E-state index contributed by atoms with van der Waals surface area (Å²) in [7, 11) is 0. The van der Waals surface area contributed by atoms with Gasteiger partial charge in [-0.15, -0.1) is 0 Å². The Hall–Kier alpha value is -2.40. The second-order valence-electron chi connectivity index (χ2n) is 6.59. The number of H-pyrrole nitrogens is 1. The fraction of sp³-hybridized carbons (Fsp3) is 0.211. The van der Waals surface area contributed by atoms with Crippen molar-refractivity contribution in [3.05, 3.63) is 70.4 Å². The average molecular weight is 363 g/mol. The second kappa shape index (κ2) is 6.48. The molecule has 2 aromatic carbocycles. The van der Waals surface area contributed by atoms with Crippen LogP contribution in [0.1, 0.15) is 29.8 Å². The van der Waals surface area contributed by atoms with Crippen LogP contribution in [0.25, 0.3) is 10.9 Å². The summed E-state index contributed by atoms with van der Waals surface area (Å²) < 4.78 is 26.3. The molecule has 1 amide bonds. The van der Waals surface area contributed by atoms with E-state index in [0.717, 1.165) is 28.6 Å². The monoisotopic (exact) mass is 362 g/mol. The maximum Gasteiger partial charge on any atom is 0.251 e. The van der Waals surface area contributed by atoms with Gasteiger partial charge in [-0.2, -0.15) is 0 Å². The first-order valence-corrected chi connectivity index (χ1v) is 8.16. The van der Waals surface area contributed by atoms with Crippen LogP contribution >= 0.6 is 11.6 Å². The Labute approximate surface area is 149 Å². The number of aromatic amines is 1. The van der Waals surface area contributed by atoms with Crippen LogP contribution in [0.15, 0.2) is 42.6 Å². The molecule has 6 heteroatoms. The van der Waals surface area contributed by atoms with E-state index in [0.29, 0.717) is 11.6 Å². The van der Waals surface area contributed by atoms with E-state index in [1.165, 1.54) is 6.07 Å². The van der Waals surface area contributed by atoms with E-state index >= 15 is 0 Å². The molecule has 1 heterocycles. The zero-order valence-electron chi connectivity index (χ0n) is 13.8. The number of halogens is 3. The second-order valence-corrected chi connectivity index (χ2v) is 7.02. The molecule has 0 unspecified atom stereocenters. The third-order valence-corrected chi connectivity index (χ3v) is 4.48. The highest BCUT2D eigenvalue weighted by molar-refractivity contribution is 6.31. The molecule has 130 valence electrons. The van der Waals surface area contributed by atoms with Crippen molar-refractivity contribution in [2.24, 2.45) is 0 Å². The van der Waals surface area contributed by atoms with Crippen molar-refractivity contribution in [3.8, 4) is 0 Å². The average Bonchev–Trinajstić information content (AvgIpc) is 2.99. The predicted molar refractivity (Wildman–Crippen MR) is 95.0 cm³/mol. The summed E-state index contributed by atoms with van der Waals surface area (Å²) in [6.45, 7) is 4.33. The van der Waals surface area contributed by atoms with E-state index in [2.05, 4.69) is 10.3 Å². The Morgan fingerprint density at radius 2 is 1.92 bits per heavy atom. The van der Waals surface area contributed by atoms with Gasteiger partial charge in [0.05, 0.1) is 0 Å². The molecule has 3 aromatic rings. The highest BCUT2D eigenvalue weighted by atomic mass is 35.5. The highest BCUT2D eigenvalue weighted by Crippen LogP contribution is 2.31. The number of hydrogen-bond donors (Lipinski definition) is 2. The van der Waals surface area contributed by atoms with Crippen LogP contribution in [-0.2, 0) is 5.41 Å². The Morgan fingerprint density at radius 1 is 1.16 bits per heavy atom. The van der Waals surface area contributed by atoms with Gasteiger partial charge >= 0.3 is 0 Å². The topological polar surface area (TPSA) is 44.9 Å². The van der Waals surface area contributed by atoms with Crippen molar-refractivity contribution in [3.63, 3.8) is 0 Å². The molecular formula is C19H17ClF2N2O. The van der Waals surface area contributed by atoms with Crippen LogP contribution in [0.5, 0.6) is 0 Å². The lowest BCUT2D eigenvalue weighted by Gasteiger charge is -2.25. The third kappa shape index (κ3) is 3.51. The molecule has 2 N–H and O–H groups in total. The van der Waals surface area contributed by atoms with Crippen molar-refractivity contribution in [1.82, 2.24) is 10.3 Å². The summed E-state index contributed by atoms with van der Waals surface area (Å²) >= 11 is 6.00. The molecule has 0 aliphatic rings. The fourth-order valence-electron chi connectivity index (χ4n) is 2.79. The minimum absolute atomic E-state index is 0.0837. The third-order valence-electron chi connectivity index (χ3n) is 4.25. The van der Waals surface area contributed by atoms with Gasteiger partial charge in [-0.25, -0.2) is 8.78 Å². The molecule has 0 saturated carbocycles. The van der Waals surface area contributed by atoms with Gasteiger partial charge in [0, 0.05) is 39.6 Å². The van der Waals surface area contributed by atoms with Crippen molar-refractivity contribution >= 4 is 28.4 Å². The van der Waals surface area contributed by atoms with Gasteiger partial charge in [0.25, 0.3) is 5.91 Å². The van der Waals surface area contributed by atoms with E-state index in [1.54, 1.807) is 0 Å². The standard InChI is InChI=1S/C19H17ClF2N2O/c1-19(2,14-9-23-17-8-12(20)4-5-13(14)17)10-24-18(25)11-3-6-15(21)16(22)7-11/h3-9,23H,10H2,1-2H3,(H,24,25). The maximum absolute atomic E-state index is 13.3. The molecule has 0 saturated heterocycles. The Balaban J connectivity index is 1.78. The van der Waals surface area contributed by atoms with Gasteiger partial charge in [-0.1, -0.05) is 31.5 Å². The van der Waals surface area contributed by atoms with E-state index in [4.69, 9.17) is 11.6 Å². The summed E-state index contributed by atoms with van der Waals surface area (Å²) in [5.74, 6) is -2.47. The van der Waals surface area contributed by atoms with Gasteiger partial charge in [0.2, 0.25) is 0 Å². The SMILES string of the molecule is CC(C)(CNC(=O)c1ccc(F)c(F)c1)c1c[nH]c2cc(Cl)ccc12. The van der Waals surface area contributed by atoms with Crippen molar-refractivity contribution in [2.75, 3.05) is 6.54 Å². The van der Waals surface area contributed by atoms with Gasteiger partial charge < -0.3 is 10.3 Å². The summed E-state index contributed by atoms with van der Waals surface area (Å²) in [4.78, 5) is 15.4. The first-order chi connectivity index (χ1) is 11.8. The van der Waals surface area contributed by atoms with Crippen LogP contribution < -0.4 is 5.32 Å². The number of amides is 1. The molecule has 3 rings (SSSR count). The number of aromatic nitrogens is 1. The lowest BCUT2D eigenvalue weighted by molar-refractivity contribution is 0.0945. The van der Waals surface area contributed by atoms with Crippen LogP contribution in [0.2, 0.25) is 5.02 Å². The van der Waals surface area contributed by atoms with Gasteiger partial charge in [0.15, 0.2) is 11.6 Å². The minimum Gasteiger partial charge on any atom is -0.361 e. The molecule has 0 aliphatic carbocycles. The first kappa shape index (κ1) is 17.4. The number of rotatable bonds is 4. The fourth-order valence-corrected chi connectivity index (χ4v) is 2.97. The summed E-state index contributed by atoms with van der Waals surface area (Å²) in [6.07, 6.45) is 1.89. The quantitative estimate of drug-likeness (QED) is 0.687. The lowest BCUT2D eigenvalue weighted by Crippen LogP contribution is -2.36. The van der Waals surface area contributed by atoms with Crippen molar-refractivity contribution in [1.29, 1.82) is 0 Å². The van der Waals surface area contributed by atoms with E-state index < -0.39 is 17.5 Å². The van der Waals surface area contributed by atoms with Crippen LogP contribution in [0.3, 0.4) is 0 Å². The van der Waals surface area contributed by atoms with Gasteiger partial charge in [-0.05, 0) is 35.9 Å². The van der Waals surface area contributed by atoms with Crippen LogP contribution in [0, 0.1) is 11.6 Å². The van der Waals surface area contributed by atoms with E-state index in [1.807, 2.05) is 38.2 Å². The number of carbonyl (C=O) groups excluding carboxylic acids is 1. The Morgan fingerprint density at radius 3 is 2.64 bits per heavy atom. The first-order valence-electron chi connectivity index (χ1n) is 7.78.